The molecule has 0 unspecified atom stereocenters. The molecule has 0 aliphatic heterocycles. The van der Waals surface area contributed by atoms with Gasteiger partial charge in [-0.1, -0.05) is 12.8 Å². The normalized spacial score (nSPS) is 14.4. The van der Waals surface area contributed by atoms with E-state index in [1.54, 1.807) is 7.11 Å². The average molecular weight is 305 g/mol. The first-order chi connectivity index (χ1) is 10.7. The van der Waals surface area contributed by atoms with E-state index in [-0.39, 0.29) is 18.4 Å². The quantitative estimate of drug-likeness (QED) is 0.701. The molecule has 3 N–H and O–H groups in total. The Kier molecular flexibility index (Phi) is 6.06. The first-order valence-corrected chi connectivity index (χ1v) is 7.63. The monoisotopic (exact) mass is 305 g/mol. The van der Waals surface area contributed by atoms with Crippen molar-refractivity contribution in [3.8, 4) is 5.75 Å². The number of carbonyl (C=O) groups is 2. The zero-order valence-corrected chi connectivity index (χ0v) is 12.9. The van der Waals surface area contributed by atoms with Gasteiger partial charge in [0.25, 0.3) is 5.91 Å². The molecule has 120 valence electrons. The lowest BCUT2D eigenvalue weighted by Crippen LogP contribution is -2.44. The van der Waals surface area contributed by atoms with Crippen LogP contribution in [0.15, 0.2) is 24.3 Å². The van der Waals surface area contributed by atoms with E-state index in [9.17, 15) is 9.59 Å². The molecular formula is C16H23N3O3. The Morgan fingerprint density at radius 2 is 1.73 bits per heavy atom. The van der Waals surface area contributed by atoms with E-state index in [0.717, 1.165) is 24.3 Å². The molecule has 0 heterocycles. The Hall–Kier alpha value is -2.24. The summed E-state index contributed by atoms with van der Waals surface area (Å²) in [5.74, 6) is 0.823. The topological polar surface area (TPSA) is 79.5 Å². The van der Waals surface area contributed by atoms with Crippen molar-refractivity contribution in [1.29, 1.82) is 0 Å². The molecule has 1 saturated carbocycles. The Morgan fingerprint density at radius 1 is 1.09 bits per heavy atom. The molecule has 1 aliphatic rings. The molecular weight excluding hydrogens is 282 g/mol. The van der Waals surface area contributed by atoms with Crippen LogP contribution >= 0.6 is 0 Å². The van der Waals surface area contributed by atoms with Crippen molar-refractivity contribution in [3.63, 3.8) is 0 Å². The van der Waals surface area contributed by atoms with Crippen molar-refractivity contribution < 1.29 is 14.3 Å². The Bertz CT molecular complexity index is 496. The molecule has 1 aromatic rings. The minimum absolute atomic E-state index is 0.0933. The van der Waals surface area contributed by atoms with Crippen molar-refractivity contribution in [2.45, 2.75) is 32.1 Å². The van der Waals surface area contributed by atoms with Crippen LogP contribution in [-0.2, 0) is 9.59 Å². The summed E-state index contributed by atoms with van der Waals surface area (Å²) in [5, 5.41) is 2.97. The third kappa shape index (κ3) is 5.27. The fourth-order valence-corrected chi connectivity index (χ4v) is 2.60. The van der Waals surface area contributed by atoms with Gasteiger partial charge in [-0.2, -0.15) is 0 Å². The summed E-state index contributed by atoms with van der Waals surface area (Å²) in [7, 11) is 1.60. The van der Waals surface area contributed by atoms with E-state index in [1.165, 1.54) is 12.8 Å². The second-order valence-electron chi connectivity index (χ2n) is 5.53. The van der Waals surface area contributed by atoms with Crippen LogP contribution in [0.4, 0.5) is 5.69 Å². The minimum atomic E-state index is -0.282. The van der Waals surface area contributed by atoms with Crippen LogP contribution in [0.5, 0.6) is 5.75 Å². The summed E-state index contributed by atoms with van der Waals surface area (Å²) >= 11 is 0. The number of carbonyl (C=O) groups excluding carboxylic acids is 2. The second kappa shape index (κ2) is 8.26. The van der Waals surface area contributed by atoms with E-state index >= 15 is 0 Å². The van der Waals surface area contributed by atoms with Crippen LogP contribution in [0, 0.1) is 5.92 Å². The highest BCUT2D eigenvalue weighted by Crippen LogP contribution is 2.27. The van der Waals surface area contributed by atoms with E-state index in [2.05, 4.69) is 16.2 Å². The zero-order chi connectivity index (χ0) is 15.8. The summed E-state index contributed by atoms with van der Waals surface area (Å²) in [6.07, 6.45) is 5.12. The van der Waals surface area contributed by atoms with Gasteiger partial charge in [-0.3, -0.25) is 20.4 Å². The third-order valence-electron chi connectivity index (χ3n) is 3.83. The maximum absolute atomic E-state index is 11.7. The number of anilines is 1. The van der Waals surface area contributed by atoms with Gasteiger partial charge in [-0.15, -0.1) is 0 Å². The zero-order valence-electron chi connectivity index (χ0n) is 12.9. The lowest BCUT2D eigenvalue weighted by Gasteiger charge is -2.11. The Balaban J connectivity index is 1.63. The number of hydrogen-bond acceptors (Lipinski definition) is 4. The number of hydrazine groups is 1. The smallest absolute Gasteiger partial charge is 0.257 e. The predicted octanol–water partition coefficient (Wildman–Crippen LogP) is 1.83. The van der Waals surface area contributed by atoms with Crippen molar-refractivity contribution in [2.24, 2.45) is 5.92 Å². The Morgan fingerprint density at radius 3 is 2.36 bits per heavy atom. The van der Waals surface area contributed by atoms with E-state index in [4.69, 9.17) is 4.74 Å². The van der Waals surface area contributed by atoms with E-state index < -0.39 is 0 Å². The van der Waals surface area contributed by atoms with Crippen LogP contribution in [0.1, 0.15) is 32.1 Å². The molecule has 0 spiro atoms. The summed E-state index contributed by atoms with van der Waals surface area (Å²) in [6, 6.07) is 7.27. The first-order valence-electron chi connectivity index (χ1n) is 7.63. The van der Waals surface area contributed by atoms with Crippen LogP contribution in [0.2, 0.25) is 0 Å². The summed E-state index contributed by atoms with van der Waals surface area (Å²) in [6.45, 7) is 0.0933. The van der Waals surface area contributed by atoms with Gasteiger partial charge in [-0.05, 0) is 43.0 Å². The van der Waals surface area contributed by atoms with Crippen molar-refractivity contribution in [1.82, 2.24) is 10.9 Å². The van der Waals surface area contributed by atoms with Crippen LogP contribution < -0.4 is 20.9 Å². The molecule has 1 aromatic carbocycles. The number of rotatable bonds is 6. The van der Waals surface area contributed by atoms with Crippen LogP contribution in [0.25, 0.3) is 0 Å². The number of hydrogen-bond donors (Lipinski definition) is 3. The largest absolute Gasteiger partial charge is 0.497 e. The highest BCUT2D eigenvalue weighted by atomic mass is 16.5. The lowest BCUT2D eigenvalue weighted by molar-refractivity contribution is -0.128. The second-order valence-corrected chi connectivity index (χ2v) is 5.53. The molecule has 2 rings (SSSR count). The number of ether oxygens (including phenoxy) is 1. The minimum Gasteiger partial charge on any atom is -0.497 e. The van der Waals surface area contributed by atoms with E-state index in [0.29, 0.717) is 12.3 Å². The number of amides is 2. The molecule has 0 atom stereocenters. The third-order valence-corrected chi connectivity index (χ3v) is 3.83. The first kappa shape index (κ1) is 16.1. The molecule has 1 aliphatic carbocycles. The van der Waals surface area contributed by atoms with Gasteiger partial charge in [0.1, 0.15) is 5.75 Å². The van der Waals surface area contributed by atoms with Gasteiger partial charge >= 0.3 is 0 Å². The standard InChI is InChI=1S/C16H23N3O3/c1-22-14-8-6-13(7-9-14)17-11-16(21)19-18-15(20)10-12-4-2-3-5-12/h6-9,12,17H,2-5,10-11H2,1H3,(H,18,20)(H,19,21). The predicted molar refractivity (Wildman–Crippen MR) is 84.3 cm³/mol. The highest BCUT2D eigenvalue weighted by molar-refractivity contribution is 5.84. The van der Waals surface area contributed by atoms with Gasteiger partial charge in [0.15, 0.2) is 0 Å². The average Bonchev–Trinajstić information content (AvgIpc) is 3.04. The molecule has 0 saturated heterocycles. The fourth-order valence-electron chi connectivity index (χ4n) is 2.60. The molecule has 6 heteroatoms. The lowest BCUT2D eigenvalue weighted by atomic mass is 10.0. The van der Waals surface area contributed by atoms with Gasteiger partial charge in [-0.25, -0.2) is 0 Å². The molecule has 1 fully saturated rings. The van der Waals surface area contributed by atoms with Crippen molar-refractivity contribution in [3.05, 3.63) is 24.3 Å². The molecule has 6 nitrogen and oxygen atoms in total. The number of benzene rings is 1. The SMILES string of the molecule is COc1ccc(NCC(=O)NNC(=O)CC2CCCC2)cc1. The van der Waals surface area contributed by atoms with E-state index in [1.807, 2.05) is 24.3 Å². The van der Waals surface area contributed by atoms with Crippen LogP contribution in [-0.4, -0.2) is 25.5 Å². The summed E-state index contributed by atoms with van der Waals surface area (Å²) < 4.78 is 5.06. The van der Waals surface area contributed by atoms with Crippen LogP contribution in [0.3, 0.4) is 0 Å². The van der Waals surface area contributed by atoms with Crippen molar-refractivity contribution in [2.75, 3.05) is 19.0 Å². The number of methoxy groups -OCH3 is 1. The van der Waals surface area contributed by atoms with Gasteiger partial charge in [0.2, 0.25) is 5.91 Å². The number of nitrogens with one attached hydrogen (secondary N) is 3. The summed E-state index contributed by atoms with van der Waals surface area (Å²) in [5.41, 5.74) is 5.70. The molecule has 0 radical (unpaired) electrons. The van der Waals surface area contributed by atoms with Gasteiger partial charge in [0.05, 0.1) is 13.7 Å². The maximum atomic E-state index is 11.7. The molecule has 0 bridgehead atoms. The molecule has 0 aromatic heterocycles. The molecule has 2 amide bonds. The van der Waals surface area contributed by atoms with Gasteiger partial charge < -0.3 is 10.1 Å². The summed E-state index contributed by atoms with van der Waals surface area (Å²) in [4.78, 5) is 23.4. The van der Waals surface area contributed by atoms with Gasteiger partial charge in [0, 0.05) is 12.1 Å². The van der Waals surface area contributed by atoms with Crippen molar-refractivity contribution >= 4 is 17.5 Å². The maximum Gasteiger partial charge on any atom is 0.257 e. The fraction of sp³-hybridized carbons (Fsp3) is 0.500. The molecule has 22 heavy (non-hydrogen) atoms. The Labute approximate surface area is 130 Å². The highest BCUT2D eigenvalue weighted by Gasteiger charge is 2.18.